The van der Waals surface area contributed by atoms with Crippen LogP contribution < -0.4 is 5.32 Å². The zero-order chi connectivity index (χ0) is 17.6. The second kappa shape index (κ2) is 8.09. The maximum Gasteiger partial charge on any atom is 0.0949 e. The first-order valence-corrected chi connectivity index (χ1v) is 8.55. The summed E-state index contributed by atoms with van der Waals surface area (Å²) in [6.07, 6.45) is 5.60. The molecular formula is C19H25N5O. The van der Waals surface area contributed by atoms with Crippen molar-refractivity contribution in [3.63, 3.8) is 0 Å². The average molecular weight is 339 g/mol. The highest BCUT2D eigenvalue weighted by Crippen LogP contribution is 2.13. The molecule has 0 saturated heterocycles. The predicted octanol–water partition coefficient (Wildman–Crippen LogP) is 2.03. The number of aryl methyl sites for hydroxylation is 1. The van der Waals surface area contributed by atoms with Crippen molar-refractivity contribution in [1.29, 1.82) is 0 Å². The maximum absolute atomic E-state index is 9.09. The van der Waals surface area contributed by atoms with Crippen LogP contribution in [-0.2, 0) is 26.2 Å². The smallest absolute Gasteiger partial charge is 0.0949 e. The molecule has 132 valence electrons. The summed E-state index contributed by atoms with van der Waals surface area (Å²) in [4.78, 5) is 4.06. The largest absolute Gasteiger partial charge is 0.394 e. The van der Waals surface area contributed by atoms with Crippen LogP contribution in [0.3, 0.4) is 0 Å². The Balaban J connectivity index is 1.54. The molecule has 3 aromatic rings. The predicted molar refractivity (Wildman–Crippen MR) is 97.1 cm³/mol. The first kappa shape index (κ1) is 17.4. The number of nitrogens with one attached hydrogen (secondary N) is 1. The fourth-order valence-corrected chi connectivity index (χ4v) is 2.99. The number of aliphatic hydroxyl groups excluding tert-OH is 1. The highest BCUT2D eigenvalue weighted by atomic mass is 16.3. The van der Waals surface area contributed by atoms with E-state index in [1.807, 2.05) is 24.1 Å². The second-order valence-electron chi connectivity index (χ2n) is 6.25. The van der Waals surface area contributed by atoms with Crippen LogP contribution in [0.5, 0.6) is 0 Å². The number of aromatic nitrogens is 4. The van der Waals surface area contributed by atoms with Gasteiger partial charge in [-0.15, -0.1) is 0 Å². The van der Waals surface area contributed by atoms with E-state index in [0.717, 1.165) is 31.0 Å². The average Bonchev–Trinajstić information content (AvgIpc) is 3.20. The molecule has 0 radical (unpaired) electrons. The van der Waals surface area contributed by atoms with Crippen LogP contribution in [0, 0.1) is 13.8 Å². The number of nitrogens with zero attached hydrogens (tertiary/aromatic N) is 4. The molecule has 6 heteroatoms. The van der Waals surface area contributed by atoms with Crippen molar-refractivity contribution < 1.29 is 5.11 Å². The zero-order valence-corrected chi connectivity index (χ0v) is 14.8. The summed E-state index contributed by atoms with van der Waals surface area (Å²) < 4.78 is 3.93. The van der Waals surface area contributed by atoms with E-state index in [1.165, 1.54) is 16.7 Å². The molecule has 2 aromatic heterocycles. The molecule has 0 bridgehead atoms. The molecule has 0 aliphatic rings. The second-order valence-corrected chi connectivity index (χ2v) is 6.25. The number of aliphatic hydroxyl groups is 1. The van der Waals surface area contributed by atoms with E-state index in [-0.39, 0.29) is 6.61 Å². The Hall–Kier alpha value is -2.44. The first-order chi connectivity index (χ1) is 12.2. The summed E-state index contributed by atoms with van der Waals surface area (Å²) in [6.45, 7) is 7.16. The van der Waals surface area contributed by atoms with Gasteiger partial charge in [-0.1, -0.05) is 24.3 Å². The van der Waals surface area contributed by atoms with Gasteiger partial charge >= 0.3 is 0 Å². The molecular weight excluding hydrogens is 314 g/mol. The van der Waals surface area contributed by atoms with E-state index >= 15 is 0 Å². The summed E-state index contributed by atoms with van der Waals surface area (Å²) in [6, 6.07) is 8.64. The third kappa shape index (κ3) is 4.35. The Kier molecular flexibility index (Phi) is 5.63. The SMILES string of the molecule is Cc1nn(CCO)c(C)c1CNCc1ccc(Cn2ccnc2)cc1. The topological polar surface area (TPSA) is 67.9 Å². The minimum absolute atomic E-state index is 0.111. The van der Waals surface area contributed by atoms with Gasteiger partial charge in [-0.05, 0) is 25.0 Å². The van der Waals surface area contributed by atoms with Gasteiger partial charge in [0.1, 0.15) is 0 Å². The molecule has 0 saturated carbocycles. The van der Waals surface area contributed by atoms with Crippen molar-refractivity contribution in [2.75, 3.05) is 6.61 Å². The van der Waals surface area contributed by atoms with Crippen molar-refractivity contribution in [3.05, 3.63) is 71.1 Å². The van der Waals surface area contributed by atoms with Crippen molar-refractivity contribution in [1.82, 2.24) is 24.6 Å². The molecule has 0 unspecified atom stereocenters. The van der Waals surface area contributed by atoms with Crippen molar-refractivity contribution in [3.8, 4) is 0 Å². The van der Waals surface area contributed by atoms with Gasteiger partial charge in [-0.25, -0.2) is 4.98 Å². The first-order valence-electron chi connectivity index (χ1n) is 8.55. The van der Waals surface area contributed by atoms with E-state index in [0.29, 0.717) is 6.54 Å². The van der Waals surface area contributed by atoms with E-state index < -0.39 is 0 Å². The summed E-state index contributed by atoms with van der Waals surface area (Å²) in [5.74, 6) is 0. The third-order valence-corrected chi connectivity index (χ3v) is 4.42. The van der Waals surface area contributed by atoms with E-state index in [9.17, 15) is 0 Å². The van der Waals surface area contributed by atoms with Crippen LogP contribution in [-0.4, -0.2) is 31.0 Å². The van der Waals surface area contributed by atoms with Gasteiger partial charge in [-0.3, -0.25) is 4.68 Å². The van der Waals surface area contributed by atoms with E-state index in [1.54, 1.807) is 6.20 Å². The maximum atomic E-state index is 9.09. The lowest BCUT2D eigenvalue weighted by Gasteiger charge is -2.08. The minimum atomic E-state index is 0.111. The van der Waals surface area contributed by atoms with Crippen LogP contribution >= 0.6 is 0 Å². The zero-order valence-electron chi connectivity index (χ0n) is 14.8. The standard InChI is InChI=1S/C19H25N5O/c1-15-19(16(2)24(22-15)9-10-25)12-21-11-17-3-5-18(6-4-17)13-23-8-7-20-14-23/h3-8,14,21,25H,9-13H2,1-2H3. The Labute approximate surface area is 148 Å². The van der Waals surface area contributed by atoms with Gasteiger partial charge in [0.15, 0.2) is 0 Å². The van der Waals surface area contributed by atoms with Gasteiger partial charge in [0.25, 0.3) is 0 Å². The highest BCUT2D eigenvalue weighted by molar-refractivity contribution is 5.25. The van der Waals surface area contributed by atoms with Crippen LogP contribution in [0.15, 0.2) is 43.0 Å². The quantitative estimate of drug-likeness (QED) is 0.659. The fraction of sp³-hybridized carbons (Fsp3) is 0.368. The summed E-state index contributed by atoms with van der Waals surface area (Å²) in [5, 5.41) is 17.1. The molecule has 0 amide bonds. The summed E-state index contributed by atoms with van der Waals surface area (Å²) in [5.41, 5.74) is 5.88. The number of benzene rings is 1. The number of hydrogen-bond acceptors (Lipinski definition) is 4. The number of imidazole rings is 1. The number of hydrogen-bond donors (Lipinski definition) is 2. The Morgan fingerprint density at radius 2 is 1.84 bits per heavy atom. The van der Waals surface area contributed by atoms with Crippen molar-refractivity contribution >= 4 is 0 Å². The van der Waals surface area contributed by atoms with Crippen LogP contribution in [0.1, 0.15) is 28.1 Å². The Morgan fingerprint density at radius 1 is 1.08 bits per heavy atom. The number of rotatable bonds is 8. The molecule has 0 aliphatic carbocycles. The van der Waals surface area contributed by atoms with Gasteiger partial charge < -0.3 is 15.0 Å². The summed E-state index contributed by atoms with van der Waals surface area (Å²) >= 11 is 0. The molecule has 6 nitrogen and oxygen atoms in total. The molecule has 3 rings (SSSR count). The van der Waals surface area contributed by atoms with Crippen molar-refractivity contribution in [2.45, 2.75) is 40.0 Å². The molecule has 25 heavy (non-hydrogen) atoms. The molecule has 0 fully saturated rings. The monoisotopic (exact) mass is 339 g/mol. The molecule has 0 aliphatic heterocycles. The minimum Gasteiger partial charge on any atom is -0.394 e. The van der Waals surface area contributed by atoms with E-state index in [2.05, 4.69) is 51.2 Å². The lowest BCUT2D eigenvalue weighted by molar-refractivity contribution is 0.267. The van der Waals surface area contributed by atoms with Gasteiger partial charge in [0.2, 0.25) is 0 Å². The summed E-state index contributed by atoms with van der Waals surface area (Å²) in [7, 11) is 0. The van der Waals surface area contributed by atoms with Crippen LogP contribution in [0.2, 0.25) is 0 Å². The van der Waals surface area contributed by atoms with Gasteiger partial charge in [-0.2, -0.15) is 5.10 Å². The van der Waals surface area contributed by atoms with Gasteiger partial charge in [0.05, 0.1) is 25.2 Å². The Morgan fingerprint density at radius 3 is 2.52 bits per heavy atom. The molecule has 1 aromatic carbocycles. The van der Waals surface area contributed by atoms with Crippen molar-refractivity contribution in [2.24, 2.45) is 0 Å². The van der Waals surface area contributed by atoms with E-state index in [4.69, 9.17) is 5.11 Å². The Bertz CT molecular complexity index is 790. The lowest BCUT2D eigenvalue weighted by atomic mass is 10.1. The molecule has 2 heterocycles. The fourth-order valence-electron chi connectivity index (χ4n) is 2.99. The lowest BCUT2D eigenvalue weighted by Crippen LogP contribution is -2.14. The van der Waals surface area contributed by atoms with Crippen LogP contribution in [0.4, 0.5) is 0 Å². The third-order valence-electron chi connectivity index (χ3n) is 4.42. The van der Waals surface area contributed by atoms with Crippen LogP contribution in [0.25, 0.3) is 0 Å². The van der Waals surface area contributed by atoms with Gasteiger partial charge in [0, 0.05) is 43.3 Å². The molecule has 0 spiro atoms. The highest BCUT2D eigenvalue weighted by Gasteiger charge is 2.10. The normalized spacial score (nSPS) is 11.2. The molecule has 0 atom stereocenters. The molecule has 2 N–H and O–H groups in total.